The topological polar surface area (TPSA) is 109 Å². The largest absolute Gasteiger partial charge is 0.368 e. The van der Waals surface area contributed by atoms with Gasteiger partial charge in [-0.1, -0.05) is 41.4 Å². The van der Waals surface area contributed by atoms with Gasteiger partial charge in [-0.05, 0) is 55.1 Å². The molecule has 3 heterocycles. The average Bonchev–Trinajstić information content (AvgIpc) is 3.44. The summed E-state index contributed by atoms with van der Waals surface area (Å²) in [7, 11) is 1.85. The number of hydrogen-bond acceptors (Lipinski definition) is 5. The Bertz CT molecular complexity index is 1570. The van der Waals surface area contributed by atoms with E-state index in [1.807, 2.05) is 47.8 Å². The van der Waals surface area contributed by atoms with Crippen LogP contribution in [0.4, 0.5) is 11.6 Å². The molecule has 0 radical (unpaired) electrons. The van der Waals surface area contributed by atoms with Crippen molar-refractivity contribution in [2.24, 2.45) is 12.8 Å². The van der Waals surface area contributed by atoms with Crippen molar-refractivity contribution in [1.82, 2.24) is 19.4 Å². The Hall–Kier alpha value is -3.49. The number of rotatable bonds is 6. The normalized spacial score (nSPS) is 16.0. The molecule has 1 aliphatic heterocycles. The van der Waals surface area contributed by atoms with Gasteiger partial charge in [-0.15, -0.1) is 0 Å². The molecule has 10 heteroatoms. The molecule has 1 saturated heterocycles. The zero-order valence-electron chi connectivity index (χ0n) is 19.9. The highest BCUT2D eigenvalue weighted by Crippen LogP contribution is 2.34. The lowest BCUT2D eigenvalue weighted by atomic mass is 10.0. The first-order valence-electron chi connectivity index (χ1n) is 11.7. The Balaban J connectivity index is 1.51. The van der Waals surface area contributed by atoms with Gasteiger partial charge in [0, 0.05) is 25.7 Å². The van der Waals surface area contributed by atoms with Crippen molar-refractivity contribution in [2.45, 2.75) is 32.2 Å². The number of benzene rings is 2. The minimum absolute atomic E-state index is 0.189. The number of H-pyrrole nitrogens is 1. The summed E-state index contributed by atoms with van der Waals surface area (Å²) in [5.41, 5.74) is 9.07. The third kappa shape index (κ3) is 4.20. The number of amides is 1. The number of nitrogens with two attached hydrogens (primary N) is 1. The quantitative estimate of drug-likeness (QED) is 0.336. The summed E-state index contributed by atoms with van der Waals surface area (Å²) >= 11 is 12.7. The summed E-state index contributed by atoms with van der Waals surface area (Å²) in [5.74, 6) is 0.212. The smallest absolute Gasteiger partial charge is 0.258 e. The maximum absolute atomic E-state index is 13.3. The fraction of sp³-hybridized carbons (Fsp3) is 0.269. The van der Waals surface area contributed by atoms with E-state index >= 15 is 0 Å². The number of anilines is 2. The number of carbonyl (C=O) groups is 1. The number of aromatic amines is 1. The van der Waals surface area contributed by atoms with Gasteiger partial charge < -0.3 is 25.5 Å². The molecule has 1 fully saturated rings. The molecular weight excluding hydrogens is 499 g/mol. The summed E-state index contributed by atoms with van der Waals surface area (Å²) in [6.45, 7) is 2.79. The van der Waals surface area contributed by atoms with E-state index < -0.39 is 0 Å². The standard InChI is InChI=1S/C26H26Cl2N6O2/c1-14-15-10-11-19-23(33(2)26(31-19)32-22-16(27)6-3-7-17(22)28)21(15)25(36)30-18(14)8-4-12-34-13-5-9-20(34)24(29)35/h3-4,6-7,10-12,20H,5,8-9,13H2,1-2H3,(H2,29,35)(H,30,36)(H,31,32)/t20-/m0/s1. The number of pyridine rings is 1. The van der Waals surface area contributed by atoms with Crippen LogP contribution >= 0.6 is 23.2 Å². The molecule has 0 saturated carbocycles. The fourth-order valence-corrected chi connectivity index (χ4v) is 5.42. The Morgan fingerprint density at radius 1 is 1.28 bits per heavy atom. The van der Waals surface area contributed by atoms with E-state index in [1.54, 1.807) is 18.2 Å². The van der Waals surface area contributed by atoms with E-state index in [4.69, 9.17) is 28.9 Å². The number of aryl methyl sites for hydroxylation is 2. The molecule has 2 aromatic carbocycles. The zero-order chi connectivity index (χ0) is 25.6. The highest BCUT2D eigenvalue weighted by molar-refractivity contribution is 6.39. The maximum Gasteiger partial charge on any atom is 0.258 e. The highest BCUT2D eigenvalue weighted by atomic mass is 35.5. The lowest BCUT2D eigenvalue weighted by Crippen LogP contribution is -2.37. The highest BCUT2D eigenvalue weighted by Gasteiger charge is 2.26. The molecule has 1 atom stereocenters. The number of primary amides is 1. The molecule has 1 aliphatic rings. The molecule has 0 spiro atoms. The summed E-state index contributed by atoms with van der Waals surface area (Å²) in [5, 5.41) is 5.58. The number of halogens is 2. The second-order valence-electron chi connectivity index (χ2n) is 9.02. The van der Waals surface area contributed by atoms with Gasteiger partial charge in [0.25, 0.3) is 5.56 Å². The van der Waals surface area contributed by atoms with Crippen LogP contribution in [-0.4, -0.2) is 37.9 Å². The molecule has 36 heavy (non-hydrogen) atoms. The van der Waals surface area contributed by atoms with Crippen molar-refractivity contribution in [1.29, 1.82) is 0 Å². The van der Waals surface area contributed by atoms with Crippen LogP contribution in [0.25, 0.3) is 21.8 Å². The predicted octanol–water partition coefficient (Wildman–Crippen LogP) is 4.78. The number of imidazole rings is 1. The number of likely N-dealkylation sites (tertiary alicyclic amines) is 1. The molecule has 8 nitrogen and oxygen atoms in total. The van der Waals surface area contributed by atoms with Gasteiger partial charge in [0.1, 0.15) is 6.04 Å². The van der Waals surface area contributed by atoms with Crippen LogP contribution in [0.1, 0.15) is 24.1 Å². The summed E-state index contributed by atoms with van der Waals surface area (Å²) < 4.78 is 1.84. The second kappa shape index (κ2) is 9.52. The molecular formula is C26H26Cl2N6O2. The first-order chi connectivity index (χ1) is 17.3. The lowest BCUT2D eigenvalue weighted by Gasteiger charge is -2.19. The maximum atomic E-state index is 13.3. The minimum Gasteiger partial charge on any atom is -0.368 e. The van der Waals surface area contributed by atoms with Crippen molar-refractivity contribution in [2.75, 3.05) is 11.9 Å². The minimum atomic E-state index is -0.307. The molecule has 0 bridgehead atoms. The van der Waals surface area contributed by atoms with Crippen LogP contribution in [0.15, 0.2) is 47.4 Å². The summed E-state index contributed by atoms with van der Waals surface area (Å²) in [6.07, 6.45) is 6.10. The molecule has 4 aromatic rings. The van der Waals surface area contributed by atoms with Crippen molar-refractivity contribution in [3.8, 4) is 0 Å². The predicted molar refractivity (Wildman–Crippen MR) is 145 cm³/mol. The summed E-state index contributed by atoms with van der Waals surface area (Å²) in [6, 6.07) is 8.84. The number of fused-ring (bicyclic) bond motifs is 3. The van der Waals surface area contributed by atoms with Gasteiger partial charge in [0.2, 0.25) is 11.9 Å². The number of para-hydroxylation sites is 1. The Kier molecular flexibility index (Phi) is 6.40. The summed E-state index contributed by atoms with van der Waals surface area (Å²) in [4.78, 5) is 34.6. The van der Waals surface area contributed by atoms with Gasteiger partial charge in [-0.3, -0.25) is 9.59 Å². The van der Waals surface area contributed by atoms with E-state index in [0.717, 1.165) is 36.0 Å². The lowest BCUT2D eigenvalue weighted by molar-refractivity contribution is -0.121. The number of carbonyl (C=O) groups excluding carboxylic acids is 1. The Morgan fingerprint density at radius 2 is 2.03 bits per heavy atom. The number of nitrogens with zero attached hydrogens (tertiary/aromatic N) is 3. The van der Waals surface area contributed by atoms with E-state index in [1.165, 1.54) is 0 Å². The van der Waals surface area contributed by atoms with Gasteiger partial charge in [-0.2, -0.15) is 0 Å². The van der Waals surface area contributed by atoms with E-state index in [-0.39, 0.29) is 17.5 Å². The van der Waals surface area contributed by atoms with Gasteiger partial charge in [0.05, 0.1) is 32.2 Å². The first-order valence-corrected chi connectivity index (χ1v) is 12.5. The zero-order valence-corrected chi connectivity index (χ0v) is 21.5. The Labute approximate surface area is 217 Å². The molecule has 2 aromatic heterocycles. The number of nitrogens with one attached hydrogen (secondary N) is 2. The monoisotopic (exact) mass is 524 g/mol. The second-order valence-corrected chi connectivity index (χ2v) is 9.83. The number of allylic oxidation sites excluding steroid dienone is 1. The van der Waals surface area contributed by atoms with Crippen LogP contribution in [0.3, 0.4) is 0 Å². The van der Waals surface area contributed by atoms with Crippen LogP contribution in [-0.2, 0) is 18.3 Å². The van der Waals surface area contributed by atoms with Gasteiger partial charge >= 0.3 is 0 Å². The first kappa shape index (κ1) is 24.2. The van der Waals surface area contributed by atoms with Crippen molar-refractivity contribution in [3.63, 3.8) is 0 Å². The van der Waals surface area contributed by atoms with Crippen LogP contribution in [0.5, 0.6) is 0 Å². The molecule has 0 aliphatic carbocycles. The Morgan fingerprint density at radius 3 is 2.75 bits per heavy atom. The van der Waals surface area contributed by atoms with Crippen molar-refractivity contribution < 1.29 is 4.79 Å². The number of aromatic nitrogens is 3. The molecule has 5 rings (SSSR count). The SMILES string of the molecule is Cc1c(CC=CN2CCC[C@H]2C(N)=O)[nH]c(=O)c2c1ccc1nc(Nc3c(Cl)cccc3Cl)n(C)c12. The molecule has 1 amide bonds. The van der Waals surface area contributed by atoms with Crippen molar-refractivity contribution >= 4 is 62.6 Å². The van der Waals surface area contributed by atoms with Crippen LogP contribution in [0.2, 0.25) is 10.0 Å². The molecule has 186 valence electrons. The average molecular weight is 525 g/mol. The van der Waals surface area contributed by atoms with Gasteiger partial charge in [0.15, 0.2) is 0 Å². The third-order valence-corrected chi connectivity index (χ3v) is 7.46. The van der Waals surface area contributed by atoms with E-state index in [2.05, 4.69) is 15.3 Å². The third-order valence-electron chi connectivity index (χ3n) is 6.83. The fourth-order valence-electron chi connectivity index (χ4n) is 4.93. The van der Waals surface area contributed by atoms with Crippen LogP contribution in [0, 0.1) is 6.92 Å². The van der Waals surface area contributed by atoms with E-state index in [9.17, 15) is 9.59 Å². The molecule has 0 unspecified atom stereocenters. The van der Waals surface area contributed by atoms with E-state index in [0.29, 0.717) is 44.5 Å². The van der Waals surface area contributed by atoms with Crippen LogP contribution < -0.4 is 16.6 Å². The number of hydrogen-bond donors (Lipinski definition) is 3. The molecule has 4 N–H and O–H groups in total. The van der Waals surface area contributed by atoms with Crippen molar-refractivity contribution in [3.05, 3.63) is 74.3 Å². The van der Waals surface area contributed by atoms with Gasteiger partial charge in [-0.25, -0.2) is 4.98 Å².